The Morgan fingerprint density at radius 1 is 0.935 bits per heavy atom. The SMILES string of the molecule is CCN(CC)Cc1ccc(CNC(=NC)NCc2ccc(S(C)(=O)=O)c(C)c2)cc1.I. The maximum atomic E-state index is 11.8. The normalized spacial score (nSPS) is 11.9. The third kappa shape index (κ3) is 8.78. The summed E-state index contributed by atoms with van der Waals surface area (Å²) in [6.07, 6.45) is 1.23. The quantitative estimate of drug-likeness (QED) is 0.279. The third-order valence-electron chi connectivity index (χ3n) is 5.11. The van der Waals surface area contributed by atoms with Crippen LogP contribution >= 0.6 is 24.0 Å². The first-order valence-electron chi connectivity index (χ1n) is 10.3. The molecular weight excluding hydrogens is 523 g/mol. The molecule has 172 valence electrons. The highest BCUT2D eigenvalue weighted by molar-refractivity contribution is 14.0. The molecule has 0 fully saturated rings. The lowest BCUT2D eigenvalue weighted by molar-refractivity contribution is 0.296. The monoisotopic (exact) mass is 558 g/mol. The van der Waals surface area contributed by atoms with Gasteiger partial charge in [-0.25, -0.2) is 8.42 Å². The van der Waals surface area contributed by atoms with E-state index in [-0.39, 0.29) is 24.0 Å². The van der Waals surface area contributed by atoms with Crippen molar-refractivity contribution >= 4 is 39.8 Å². The smallest absolute Gasteiger partial charge is 0.191 e. The van der Waals surface area contributed by atoms with Crippen molar-refractivity contribution < 1.29 is 8.42 Å². The number of nitrogens with one attached hydrogen (secondary N) is 2. The van der Waals surface area contributed by atoms with Crippen LogP contribution in [-0.4, -0.2) is 45.7 Å². The number of halogens is 1. The first kappa shape index (κ1) is 27.4. The summed E-state index contributed by atoms with van der Waals surface area (Å²) in [5.41, 5.74) is 4.26. The molecule has 6 nitrogen and oxygen atoms in total. The maximum absolute atomic E-state index is 11.8. The molecule has 2 aromatic rings. The summed E-state index contributed by atoms with van der Waals surface area (Å²) in [5, 5.41) is 6.60. The van der Waals surface area contributed by atoms with Crippen molar-refractivity contribution in [2.45, 2.75) is 45.3 Å². The number of guanidine groups is 1. The van der Waals surface area contributed by atoms with Crippen LogP contribution in [0.3, 0.4) is 0 Å². The highest BCUT2D eigenvalue weighted by atomic mass is 127. The Morgan fingerprint density at radius 2 is 1.45 bits per heavy atom. The van der Waals surface area contributed by atoms with E-state index in [2.05, 4.69) is 58.6 Å². The van der Waals surface area contributed by atoms with Gasteiger partial charge in [0.05, 0.1) is 4.90 Å². The van der Waals surface area contributed by atoms with Gasteiger partial charge in [-0.05, 0) is 48.3 Å². The standard InChI is InChI=1S/C23H34N4O2S.HI/c1-6-27(7-2)17-20-10-8-19(9-11-20)15-25-23(24-4)26-16-21-12-13-22(18(3)14-21)30(5,28)29;/h8-14H,6-7,15-17H2,1-5H3,(H2,24,25,26);1H. The molecule has 0 aromatic heterocycles. The van der Waals surface area contributed by atoms with Crippen LogP contribution in [0.2, 0.25) is 0 Å². The summed E-state index contributed by atoms with van der Waals surface area (Å²) in [4.78, 5) is 7.03. The molecule has 2 aromatic carbocycles. The van der Waals surface area contributed by atoms with Gasteiger partial charge in [0.15, 0.2) is 15.8 Å². The van der Waals surface area contributed by atoms with Crippen LogP contribution in [0.15, 0.2) is 52.4 Å². The minimum Gasteiger partial charge on any atom is -0.352 e. The van der Waals surface area contributed by atoms with E-state index in [9.17, 15) is 8.42 Å². The molecule has 0 unspecified atom stereocenters. The maximum Gasteiger partial charge on any atom is 0.191 e. The number of benzene rings is 2. The van der Waals surface area contributed by atoms with E-state index >= 15 is 0 Å². The van der Waals surface area contributed by atoms with Crippen molar-refractivity contribution in [1.29, 1.82) is 0 Å². The van der Waals surface area contributed by atoms with Gasteiger partial charge < -0.3 is 10.6 Å². The van der Waals surface area contributed by atoms with Crippen LogP contribution < -0.4 is 10.6 Å². The van der Waals surface area contributed by atoms with Crippen LogP contribution in [0.1, 0.15) is 36.1 Å². The van der Waals surface area contributed by atoms with Gasteiger partial charge in [-0.2, -0.15) is 0 Å². The second-order valence-corrected chi connectivity index (χ2v) is 9.41. The molecule has 31 heavy (non-hydrogen) atoms. The molecule has 0 heterocycles. The molecule has 0 saturated heterocycles. The van der Waals surface area contributed by atoms with Gasteiger partial charge in [-0.1, -0.05) is 50.2 Å². The number of hydrogen-bond acceptors (Lipinski definition) is 4. The van der Waals surface area contributed by atoms with Gasteiger partial charge >= 0.3 is 0 Å². The van der Waals surface area contributed by atoms with Gasteiger partial charge in [-0.15, -0.1) is 24.0 Å². The van der Waals surface area contributed by atoms with E-state index in [0.29, 0.717) is 23.9 Å². The van der Waals surface area contributed by atoms with Crippen LogP contribution in [0, 0.1) is 6.92 Å². The Balaban J connectivity index is 0.00000480. The van der Waals surface area contributed by atoms with E-state index < -0.39 is 9.84 Å². The first-order valence-corrected chi connectivity index (χ1v) is 12.2. The Hall–Kier alpha value is -1.65. The zero-order chi connectivity index (χ0) is 22.1. The van der Waals surface area contributed by atoms with Crippen molar-refractivity contribution in [3.8, 4) is 0 Å². The zero-order valence-electron chi connectivity index (χ0n) is 19.1. The van der Waals surface area contributed by atoms with E-state index in [1.54, 1.807) is 13.1 Å². The van der Waals surface area contributed by atoms with Crippen LogP contribution in [0.5, 0.6) is 0 Å². The van der Waals surface area contributed by atoms with Crippen molar-refractivity contribution in [2.24, 2.45) is 4.99 Å². The summed E-state index contributed by atoms with van der Waals surface area (Å²) in [6.45, 7) is 10.5. The fraction of sp³-hybridized carbons (Fsp3) is 0.435. The Morgan fingerprint density at radius 3 is 1.94 bits per heavy atom. The van der Waals surface area contributed by atoms with E-state index in [1.807, 2.05) is 19.1 Å². The fourth-order valence-corrected chi connectivity index (χ4v) is 4.26. The second kappa shape index (κ2) is 13.0. The predicted octanol–water partition coefficient (Wildman–Crippen LogP) is 3.72. The average molecular weight is 559 g/mol. The van der Waals surface area contributed by atoms with Gasteiger partial charge in [0.25, 0.3) is 0 Å². The minimum atomic E-state index is -3.20. The van der Waals surface area contributed by atoms with Crippen LogP contribution in [0.25, 0.3) is 0 Å². The van der Waals surface area contributed by atoms with E-state index in [4.69, 9.17) is 0 Å². The highest BCUT2D eigenvalue weighted by Crippen LogP contribution is 2.16. The Kier molecular flexibility index (Phi) is 11.5. The molecule has 0 aliphatic heterocycles. The third-order valence-corrected chi connectivity index (χ3v) is 6.36. The van der Waals surface area contributed by atoms with Crippen molar-refractivity contribution in [3.05, 3.63) is 64.7 Å². The summed E-state index contributed by atoms with van der Waals surface area (Å²) in [5.74, 6) is 0.701. The van der Waals surface area contributed by atoms with Crippen molar-refractivity contribution in [2.75, 3.05) is 26.4 Å². The number of nitrogens with zero attached hydrogens (tertiary/aromatic N) is 2. The lowest BCUT2D eigenvalue weighted by Crippen LogP contribution is -2.36. The molecule has 0 aliphatic rings. The molecule has 2 rings (SSSR count). The highest BCUT2D eigenvalue weighted by Gasteiger charge is 2.11. The fourth-order valence-electron chi connectivity index (χ4n) is 3.30. The van der Waals surface area contributed by atoms with Gasteiger partial charge in [-0.3, -0.25) is 9.89 Å². The molecule has 0 saturated carbocycles. The number of aryl methyl sites for hydroxylation is 1. The lowest BCUT2D eigenvalue weighted by Gasteiger charge is -2.18. The summed E-state index contributed by atoms with van der Waals surface area (Å²) < 4.78 is 23.5. The topological polar surface area (TPSA) is 73.8 Å². The van der Waals surface area contributed by atoms with Gasteiger partial charge in [0.1, 0.15) is 0 Å². The predicted molar refractivity (Wildman–Crippen MR) is 140 cm³/mol. The average Bonchev–Trinajstić information content (AvgIpc) is 2.72. The summed E-state index contributed by atoms with van der Waals surface area (Å²) in [7, 11) is -1.46. The second-order valence-electron chi connectivity index (χ2n) is 7.43. The van der Waals surface area contributed by atoms with Crippen molar-refractivity contribution in [1.82, 2.24) is 15.5 Å². The summed E-state index contributed by atoms with van der Waals surface area (Å²) >= 11 is 0. The largest absolute Gasteiger partial charge is 0.352 e. The summed E-state index contributed by atoms with van der Waals surface area (Å²) in [6, 6.07) is 14.0. The lowest BCUT2D eigenvalue weighted by atomic mass is 10.1. The van der Waals surface area contributed by atoms with Crippen molar-refractivity contribution in [3.63, 3.8) is 0 Å². The zero-order valence-corrected chi connectivity index (χ0v) is 22.3. The van der Waals surface area contributed by atoms with Crippen LogP contribution in [0.4, 0.5) is 0 Å². The minimum absolute atomic E-state index is 0. The molecule has 0 spiro atoms. The Bertz CT molecular complexity index is 956. The molecule has 0 bridgehead atoms. The molecule has 0 atom stereocenters. The number of aliphatic imine (C=N–C) groups is 1. The first-order chi connectivity index (χ1) is 14.3. The molecule has 2 N–H and O–H groups in total. The van der Waals surface area contributed by atoms with E-state index in [1.165, 1.54) is 17.4 Å². The van der Waals surface area contributed by atoms with Gasteiger partial charge in [0, 0.05) is 32.9 Å². The number of hydrogen-bond donors (Lipinski definition) is 2. The Labute approximate surface area is 204 Å². The molecule has 0 amide bonds. The van der Waals surface area contributed by atoms with Gasteiger partial charge in [0.2, 0.25) is 0 Å². The molecule has 0 radical (unpaired) electrons. The number of rotatable bonds is 9. The molecular formula is C23H35IN4O2S. The molecule has 8 heteroatoms. The van der Waals surface area contributed by atoms with Crippen LogP contribution in [-0.2, 0) is 29.5 Å². The molecule has 0 aliphatic carbocycles. The number of sulfone groups is 1. The van der Waals surface area contributed by atoms with E-state index in [0.717, 1.165) is 30.8 Å².